The number of sulfonamides is 1. The minimum Gasteiger partial charge on any atom is -0.381 e. The van der Waals surface area contributed by atoms with Gasteiger partial charge in [0.15, 0.2) is 17.5 Å². The van der Waals surface area contributed by atoms with E-state index in [-0.39, 0.29) is 5.82 Å². The number of hydrogen-bond donors (Lipinski definition) is 2. The number of nitrogens with one attached hydrogen (secondary N) is 1. The quantitative estimate of drug-likeness (QED) is 0.839. The molecule has 0 saturated carbocycles. The molecule has 6 nitrogen and oxygen atoms in total. The van der Waals surface area contributed by atoms with E-state index in [4.69, 9.17) is 5.73 Å². The van der Waals surface area contributed by atoms with Crippen LogP contribution in [-0.4, -0.2) is 18.2 Å². The van der Waals surface area contributed by atoms with Crippen LogP contribution in [0.1, 0.15) is 6.92 Å². The highest BCUT2D eigenvalue weighted by molar-refractivity contribution is 7.92. The monoisotopic (exact) mass is 320 g/mol. The fourth-order valence-corrected chi connectivity index (χ4v) is 2.74. The number of nitrogens with two attached hydrogens (primary N) is 1. The maximum atomic E-state index is 13.5. The molecule has 2 aromatic rings. The molecule has 0 saturated heterocycles. The van der Waals surface area contributed by atoms with Gasteiger partial charge in [0.1, 0.15) is 10.7 Å². The van der Waals surface area contributed by atoms with Gasteiger partial charge in [-0.2, -0.15) is 5.10 Å². The van der Waals surface area contributed by atoms with Crippen molar-refractivity contribution in [3.05, 3.63) is 35.8 Å². The minimum absolute atomic E-state index is 0.302. The van der Waals surface area contributed by atoms with Gasteiger partial charge in [-0.3, -0.25) is 9.40 Å². The van der Waals surface area contributed by atoms with Gasteiger partial charge in [0.05, 0.1) is 5.69 Å². The molecule has 0 unspecified atom stereocenters. The second-order valence-corrected chi connectivity index (χ2v) is 5.74. The fourth-order valence-electron chi connectivity index (χ4n) is 1.62. The fraction of sp³-hybridized carbons (Fsp3) is 0.182. The Bertz CT molecular complexity index is 789. The van der Waals surface area contributed by atoms with E-state index in [1.165, 1.54) is 4.68 Å². The lowest BCUT2D eigenvalue weighted by atomic mass is 10.3. The molecule has 0 atom stereocenters. The third kappa shape index (κ3) is 2.94. The topological polar surface area (TPSA) is 90.0 Å². The van der Waals surface area contributed by atoms with E-state index in [1.807, 2.05) is 0 Å². The van der Waals surface area contributed by atoms with Gasteiger partial charge in [0, 0.05) is 24.9 Å². The molecule has 0 aliphatic heterocycles. The maximum absolute atomic E-state index is 13.5. The first-order valence-electron chi connectivity index (χ1n) is 5.75. The highest BCUT2D eigenvalue weighted by Gasteiger charge is 2.23. The first-order valence-corrected chi connectivity index (χ1v) is 7.23. The van der Waals surface area contributed by atoms with Crippen LogP contribution < -0.4 is 10.5 Å². The number of aromatic nitrogens is 2. The second kappa shape index (κ2) is 5.28. The molecule has 21 heavy (non-hydrogen) atoms. The maximum Gasteiger partial charge on any atom is 0.267 e. The molecular formula is C11H11F3N4O2S. The molecular weight excluding hydrogens is 309 g/mol. The Morgan fingerprint density at radius 1 is 1.33 bits per heavy atom. The zero-order valence-electron chi connectivity index (χ0n) is 10.8. The largest absolute Gasteiger partial charge is 0.381 e. The second-order valence-electron chi connectivity index (χ2n) is 4.09. The lowest BCUT2D eigenvalue weighted by Gasteiger charge is -2.08. The van der Waals surface area contributed by atoms with Crippen LogP contribution in [-0.2, 0) is 16.6 Å². The lowest BCUT2D eigenvalue weighted by molar-refractivity contribution is 0.498. The van der Waals surface area contributed by atoms with Crippen LogP contribution in [0, 0.1) is 17.5 Å². The average molecular weight is 320 g/mol. The number of halogens is 3. The highest BCUT2D eigenvalue weighted by Crippen LogP contribution is 2.24. The molecule has 0 radical (unpaired) electrons. The molecule has 2 rings (SSSR count). The van der Waals surface area contributed by atoms with Crippen molar-refractivity contribution < 1.29 is 21.6 Å². The normalized spacial score (nSPS) is 11.6. The Hall–Kier alpha value is -2.23. The molecule has 3 N–H and O–H groups in total. The predicted molar refractivity (Wildman–Crippen MR) is 69.4 cm³/mol. The van der Waals surface area contributed by atoms with E-state index in [1.54, 1.807) is 11.6 Å². The van der Waals surface area contributed by atoms with Crippen LogP contribution in [0.15, 0.2) is 23.2 Å². The van der Waals surface area contributed by atoms with Gasteiger partial charge < -0.3 is 5.73 Å². The standard InChI is InChI=1S/C11H11F3N4O2S/c1-2-18-5-9(11(15)16-18)21(19,20)17-8-4-6(12)3-7(13)10(8)14/h3-5,17H,2H2,1H3,(H2,15,16). The third-order valence-corrected chi connectivity index (χ3v) is 3.99. The van der Waals surface area contributed by atoms with Gasteiger partial charge in [-0.05, 0) is 6.92 Å². The van der Waals surface area contributed by atoms with E-state index in [0.29, 0.717) is 18.7 Å². The van der Waals surface area contributed by atoms with E-state index >= 15 is 0 Å². The average Bonchev–Trinajstić information content (AvgIpc) is 2.77. The molecule has 1 aromatic carbocycles. The number of nitrogens with zero attached hydrogens (tertiary/aromatic N) is 2. The summed E-state index contributed by atoms with van der Waals surface area (Å²) in [6.07, 6.45) is 1.13. The number of nitrogen functional groups attached to an aromatic ring is 1. The van der Waals surface area contributed by atoms with Crippen LogP contribution >= 0.6 is 0 Å². The number of anilines is 2. The third-order valence-electron chi connectivity index (χ3n) is 2.61. The molecule has 114 valence electrons. The molecule has 0 aliphatic carbocycles. The van der Waals surface area contributed by atoms with Crippen molar-refractivity contribution >= 4 is 21.5 Å². The highest BCUT2D eigenvalue weighted by atomic mass is 32.2. The van der Waals surface area contributed by atoms with Crippen molar-refractivity contribution in [1.29, 1.82) is 0 Å². The molecule has 0 amide bonds. The van der Waals surface area contributed by atoms with Crippen LogP contribution in [0.5, 0.6) is 0 Å². The Labute approximate surface area is 118 Å². The summed E-state index contributed by atoms with van der Waals surface area (Å²) < 4.78 is 66.7. The molecule has 0 aliphatic rings. The van der Waals surface area contributed by atoms with Crippen LogP contribution in [0.4, 0.5) is 24.7 Å². The number of rotatable bonds is 4. The van der Waals surface area contributed by atoms with Crippen LogP contribution in [0.25, 0.3) is 0 Å². The number of benzene rings is 1. The zero-order valence-corrected chi connectivity index (χ0v) is 11.6. The summed E-state index contributed by atoms with van der Waals surface area (Å²) in [5.74, 6) is -4.45. The van der Waals surface area contributed by atoms with E-state index in [9.17, 15) is 21.6 Å². The first kappa shape index (κ1) is 15.2. The summed E-state index contributed by atoms with van der Waals surface area (Å²) in [5, 5.41) is 3.73. The van der Waals surface area contributed by atoms with Crippen molar-refractivity contribution in [1.82, 2.24) is 9.78 Å². The predicted octanol–water partition coefficient (Wildman–Crippen LogP) is 1.70. The summed E-state index contributed by atoms with van der Waals surface area (Å²) in [4.78, 5) is -0.409. The van der Waals surface area contributed by atoms with Crippen LogP contribution in [0.3, 0.4) is 0 Å². The summed E-state index contributed by atoms with van der Waals surface area (Å²) >= 11 is 0. The summed E-state index contributed by atoms with van der Waals surface area (Å²) in [5.41, 5.74) is 4.61. The lowest BCUT2D eigenvalue weighted by Crippen LogP contribution is -2.15. The van der Waals surface area contributed by atoms with Crippen molar-refractivity contribution in [3.8, 4) is 0 Å². The molecule has 0 bridgehead atoms. The van der Waals surface area contributed by atoms with Crippen molar-refractivity contribution in [3.63, 3.8) is 0 Å². The van der Waals surface area contributed by atoms with E-state index in [0.717, 1.165) is 6.20 Å². The van der Waals surface area contributed by atoms with E-state index in [2.05, 4.69) is 5.10 Å². The molecule has 0 spiro atoms. The summed E-state index contributed by atoms with van der Waals surface area (Å²) in [6.45, 7) is 2.07. The summed E-state index contributed by atoms with van der Waals surface area (Å²) in [6, 6.07) is 0.826. The van der Waals surface area contributed by atoms with Crippen molar-refractivity contribution in [2.45, 2.75) is 18.4 Å². The minimum atomic E-state index is -4.32. The molecule has 1 aromatic heterocycles. The Morgan fingerprint density at radius 2 is 2.00 bits per heavy atom. The Balaban J connectivity index is 2.44. The Kier molecular flexibility index (Phi) is 3.81. The van der Waals surface area contributed by atoms with Crippen LogP contribution in [0.2, 0.25) is 0 Å². The smallest absolute Gasteiger partial charge is 0.267 e. The molecule has 1 heterocycles. The number of hydrogen-bond acceptors (Lipinski definition) is 4. The van der Waals surface area contributed by atoms with Gasteiger partial charge in [-0.15, -0.1) is 0 Å². The van der Waals surface area contributed by atoms with Crippen molar-refractivity contribution in [2.24, 2.45) is 0 Å². The van der Waals surface area contributed by atoms with Crippen molar-refractivity contribution in [2.75, 3.05) is 10.5 Å². The molecule has 0 fully saturated rings. The van der Waals surface area contributed by atoms with Gasteiger partial charge in [0.25, 0.3) is 10.0 Å². The zero-order chi connectivity index (χ0) is 15.8. The van der Waals surface area contributed by atoms with Gasteiger partial charge in [-0.1, -0.05) is 0 Å². The number of aryl methyl sites for hydroxylation is 1. The molecule has 10 heteroatoms. The summed E-state index contributed by atoms with van der Waals surface area (Å²) in [7, 11) is -4.32. The Morgan fingerprint density at radius 3 is 2.57 bits per heavy atom. The SMILES string of the molecule is CCn1cc(S(=O)(=O)Nc2cc(F)cc(F)c2F)c(N)n1. The van der Waals surface area contributed by atoms with E-state index < -0.39 is 38.1 Å². The first-order chi connectivity index (χ1) is 9.74. The van der Waals surface area contributed by atoms with Gasteiger partial charge in [0.2, 0.25) is 0 Å². The van der Waals surface area contributed by atoms with Gasteiger partial charge >= 0.3 is 0 Å². The van der Waals surface area contributed by atoms with Gasteiger partial charge in [-0.25, -0.2) is 21.6 Å².